The minimum atomic E-state index is -1.66. The number of aliphatic hydroxyl groups is 8. The van der Waals surface area contributed by atoms with Gasteiger partial charge in [0.1, 0.15) is 54.9 Å². The summed E-state index contributed by atoms with van der Waals surface area (Å²) in [5.74, 6) is 1.92. The molecule has 60 heavy (non-hydrogen) atoms. The van der Waals surface area contributed by atoms with E-state index in [1.807, 2.05) is 0 Å². The van der Waals surface area contributed by atoms with Gasteiger partial charge in [0.05, 0.1) is 43.7 Å². The highest BCUT2D eigenvalue weighted by molar-refractivity contribution is 5.17. The lowest BCUT2D eigenvalue weighted by atomic mass is 9.43. The third kappa shape index (κ3) is 7.09. The molecule has 27 atom stereocenters. The topological polar surface area (TPSA) is 236 Å². The summed E-state index contributed by atoms with van der Waals surface area (Å²) in [5, 5.41) is 86.0. The lowest BCUT2D eigenvalue weighted by molar-refractivity contribution is -0.369. The van der Waals surface area contributed by atoms with Crippen LogP contribution in [0.5, 0.6) is 0 Å². The van der Waals surface area contributed by atoms with Gasteiger partial charge in [-0.15, -0.1) is 0 Å². The zero-order valence-corrected chi connectivity index (χ0v) is 36.0. The van der Waals surface area contributed by atoms with Gasteiger partial charge >= 0.3 is 0 Å². The number of aliphatic hydroxyl groups excluding tert-OH is 8. The minimum absolute atomic E-state index is 0.0827. The minimum Gasteiger partial charge on any atom is -0.388 e. The summed E-state index contributed by atoms with van der Waals surface area (Å²) in [4.78, 5) is 0. The Morgan fingerprint density at radius 3 is 1.92 bits per heavy atom. The second-order valence-electron chi connectivity index (χ2n) is 21.1. The van der Waals surface area contributed by atoms with Crippen LogP contribution in [0.25, 0.3) is 0 Å². The van der Waals surface area contributed by atoms with Crippen LogP contribution in [-0.2, 0) is 37.9 Å². The van der Waals surface area contributed by atoms with Gasteiger partial charge in [0.25, 0.3) is 0 Å². The molecule has 9 fully saturated rings. The van der Waals surface area contributed by atoms with Crippen molar-refractivity contribution in [3.63, 3.8) is 0 Å². The molecule has 16 heteroatoms. The Bertz CT molecular complexity index is 1520. The van der Waals surface area contributed by atoms with Gasteiger partial charge in [-0.3, -0.25) is 0 Å². The van der Waals surface area contributed by atoms with Crippen LogP contribution in [-0.4, -0.2) is 164 Å². The summed E-state index contributed by atoms with van der Waals surface area (Å²) in [5.41, 5.74) is -0.336. The molecule has 4 saturated carbocycles. The summed E-state index contributed by atoms with van der Waals surface area (Å²) < 4.78 is 51.1. The van der Waals surface area contributed by atoms with Crippen LogP contribution in [0, 0.1) is 52.3 Å². The highest BCUT2D eigenvalue weighted by Crippen LogP contribution is 2.71. The maximum Gasteiger partial charge on any atom is 0.187 e. The maximum atomic E-state index is 11.4. The molecule has 9 aliphatic rings. The number of hydrogen-bond donors (Lipinski definition) is 8. The normalized spacial score (nSPS) is 60.5. The van der Waals surface area contributed by atoms with E-state index >= 15 is 0 Å². The molecule has 0 bridgehead atoms. The van der Waals surface area contributed by atoms with E-state index in [1.165, 1.54) is 6.92 Å². The Kier molecular flexibility index (Phi) is 12.1. The lowest BCUT2D eigenvalue weighted by Crippen LogP contribution is -2.65. The molecule has 5 saturated heterocycles. The zero-order valence-electron chi connectivity index (χ0n) is 36.0. The number of hydrogen-bond acceptors (Lipinski definition) is 16. The van der Waals surface area contributed by atoms with E-state index < -0.39 is 109 Å². The quantitative estimate of drug-likeness (QED) is 0.174. The van der Waals surface area contributed by atoms with Crippen molar-refractivity contribution in [3.8, 4) is 0 Å². The molecular weight excluding hydrogens is 784 g/mol. The van der Waals surface area contributed by atoms with Gasteiger partial charge in [-0.25, -0.2) is 0 Å². The molecule has 4 aliphatic carbocycles. The molecule has 8 N–H and O–H groups in total. The molecule has 0 amide bonds. The van der Waals surface area contributed by atoms with Crippen LogP contribution in [0.3, 0.4) is 0 Å². The Hall–Kier alpha value is -0.640. The summed E-state index contributed by atoms with van der Waals surface area (Å²) in [6.07, 6.45) is -11.5. The molecule has 1 spiro atoms. The summed E-state index contributed by atoms with van der Waals surface area (Å²) in [6.45, 7) is 13.1. The van der Waals surface area contributed by atoms with Crippen molar-refractivity contribution in [2.24, 2.45) is 52.3 Å². The Balaban J connectivity index is 0.998. The first-order chi connectivity index (χ1) is 28.4. The van der Waals surface area contributed by atoms with Crippen molar-refractivity contribution < 1.29 is 78.7 Å². The van der Waals surface area contributed by atoms with E-state index in [-0.39, 0.29) is 35.9 Å². The van der Waals surface area contributed by atoms with Crippen molar-refractivity contribution in [2.45, 2.75) is 209 Å². The van der Waals surface area contributed by atoms with Gasteiger partial charge in [0.2, 0.25) is 0 Å². The first-order valence-corrected chi connectivity index (χ1v) is 23.0. The second-order valence-corrected chi connectivity index (χ2v) is 21.1. The summed E-state index contributed by atoms with van der Waals surface area (Å²) in [6, 6.07) is 0. The van der Waals surface area contributed by atoms with Crippen LogP contribution in [0.2, 0.25) is 0 Å². The SMILES string of the molecule is C[C@H]1CC[C@@]2(OC1)O[C@H]1C[C@H]3[C@@H]4CC[C@@H]5C[C@@H](O[C@@H]6O[C@@H](C)[C@H](O)[C@@H](O)[C@H]6O)C[C@@H](O[C@@H]6OC[C@@H](O)[C@H](O)[C@H]6O[C@@H]6O[C@@H](C)[C@H](O)[C@@H](O)[C@H]6O)[C@]5(C)[C@H]4CC[C@]3(C)[C@H]1[C@@H]2C. The van der Waals surface area contributed by atoms with E-state index in [2.05, 4.69) is 27.7 Å². The van der Waals surface area contributed by atoms with Gasteiger partial charge < -0.3 is 78.7 Å². The van der Waals surface area contributed by atoms with E-state index in [0.717, 1.165) is 51.6 Å². The Labute approximate surface area is 353 Å². The highest BCUT2D eigenvalue weighted by Gasteiger charge is 2.70. The monoisotopic (exact) mass is 856 g/mol. The predicted octanol–water partition coefficient (Wildman–Crippen LogP) is 0.932. The molecule has 0 unspecified atom stereocenters. The molecule has 16 nitrogen and oxygen atoms in total. The van der Waals surface area contributed by atoms with Gasteiger partial charge in [0, 0.05) is 18.8 Å². The smallest absolute Gasteiger partial charge is 0.187 e. The van der Waals surface area contributed by atoms with Gasteiger partial charge in [-0.05, 0) is 105 Å². The van der Waals surface area contributed by atoms with E-state index in [1.54, 1.807) is 6.92 Å². The van der Waals surface area contributed by atoms with E-state index in [0.29, 0.717) is 36.5 Å². The zero-order chi connectivity index (χ0) is 42.8. The average molecular weight is 857 g/mol. The standard InChI is InChI=1S/C44H72O16/c1-18-9-12-44(54-16-18)19(2)30-28(60-44)15-26-24-8-7-22-13-23(57-39-36(51)34(49)31(46)20(3)55-39)14-29(43(22,6)25(24)10-11-42(26,30)5)58-41-38(33(48)27(45)17-53-41)59-40-37(52)35(50)32(47)21(4)56-40/h18-41,45-52H,7-17H2,1-6H3/t18-,19-,20-,21-,22+,23+,24+,25-,26-,27+,28-,29+,30-,31-,32-,33-,34+,35+,36+,37+,38+,39-,40-,41-,42-,43-,44+/m0/s1. The van der Waals surface area contributed by atoms with Crippen LogP contribution < -0.4 is 0 Å². The molecule has 5 heterocycles. The van der Waals surface area contributed by atoms with Crippen molar-refractivity contribution in [2.75, 3.05) is 13.2 Å². The molecule has 5 aliphatic heterocycles. The highest BCUT2D eigenvalue weighted by atomic mass is 16.8. The third-order valence-corrected chi connectivity index (χ3v) is 17.9. The summed E-state index contributed by atoms with van der Waals surface area (Å²) >= 11 is 0. The van der Waals surface area contributed by atoms with Crippen molar-refractivity contribution in [1.29, 1.82) is 0 Å². The predicted molar refractivity (Wildman–Crippen MR) is 208 cm³/mol. The molecule has 344 valence electrons. The second kappa shape index (κ2) is 16.4. The fourth-order valence-electron chi connectivity index (χ4n) is 14.4. The van der Waals surface area contributed by atoms with Crippen molar-refractivity contribution in [3.05, 3.63) is 0 Å². The van der Waals surface area contributed by atoms with Gasteiger partial charge in [0.15, 0.2) is 24.7 Å². The first-order valence-electron chi connectivity index (χ1n) is 23.0. The lowest BCUT2D eigenvalue weighted by Gasteiger charge is -2.63. The Morgan fingerprint density at radius 2 is 1.27 bits per heavy atom. The Morgan fingerprint density at radius 1 is 0.600 bits per heavy atom. The average Bonchev–Trinajstić information content (AvgIpc) is 3.67. The van der Waals surface area contributed by atoms with Crippen LogP contribution >= 0.6 is 0 Å². The fraction of sp³-hybridized carbons (Fsp3) is 1.00. The molecule has 0 aromatic heterocycles. The number of fused-ring (bicyclic) bond motifs is 7. The van der Waals surface area contributed by atoms with E-state index in [4.69, 9.17) is 37.9 Å². The van der Waals surface area contributed by atoms with Crippen LogP contribution in [0.1, 0.15) is 99.3 Å². The summed E-state index contributed by atoms with van der Waals surface area (Å²) in [7, 11) is 0. The number of rotatable bonds is 6. The van der Waals surface area contributed by atoms with Crippen molar-refractivity contribution in [1.82, 2.24) is 0 Å². The van der Waals surface area contributed by atoms with Crippen molar-refractivity contribution >= 4 is 0 Å². The van der Waals surface area contributed by atoms with Gasteiger partial charge in [-0.2, -0.15) is 0 Å². The third-order valence-electron chi connectivity index (χ3n) is 17.9. The molecule has 0 radical (unpaired) electrons. The van der Waals surface area contributed by atoms with Crippen LogP contribution in [0.15, 0.2) is 0 Å². The maximum absolute atomic E-state index is 11.4. The molecule has 0 aromatic rings. The molecule has 0 aromatic carbocycles. The first kappa shape index (κ1) is 44.6. The number of ether oxygens (including phenoxy) is 8. The molecule has 9 rings (SSSR count). The fourth-order valence-corrected chi connectivity index (χ4v) is 14.4. The van der Waals surface area contributed by atoms with Crippen LogP contribution in [0.4, 0.5) is 0 Å². The van der Waals surface area contributed by atoms with Gasteiger partial charge in [-0.1, -0.05) is 27.7 Å². The largest absolute Gasteiger partial charge is 0.388 e. The molecular formula is C44H72O16. The van der Waals surface area contributed by atoms with E-state index in [9.17, 15) is 40.9 Å².